The number of anilines is 1. The van der Waals surface area contributed by atoms with Crippen LogP contribution in [-0.2, 0) is 11.3 Å². The normalized spacial score (nSPS) is 22.1. The van der Waals surface area contributed by atoms with Gasteiger partial charge in [0.2, 0.25) is 0 Å². The minimum atomic E-state index is -0.0426. The van der Waals surface area contributed by atoms with E-state index in [4.69, 9.17) is 4.74 Å². The predicted octanol–water partition coefficient (Wildman–Crippen LogP) is 2.40. The van der Waals surface area contributed by atoms with Crippen LogP contribution >= 0.6 is 15.9 Å². The smallest absolute Gasteiger partial charge is 0.283 e. The van der Waals surface area contributed by atoms with E-state index in [0.29, 0.717) is 16.5 Å². The predicted molar refractivity (Wildman–Crippen MR) is 81.0 cm³/mol. The van der Waals surface area contributed by atoms with E-state index in [2.05, 4.69) is 26.3 Å². The van der Waals surface area contributed by atoms with Crippen LogP contribution in [0.5, 0.6) is 0 Å². The number of hydrogen-bond donors (Lipinski definition) is 1. The molecule has 1 N–H and O–H groups in total. The van der Waals surface area contributed by atoms with Crippen LogP contribution in [-0.4, -0.2) is 29.0 Å². The van der Waals surface area contributed by atoms with Crippen molar-refractivity contribution in [3.63, 3.8) is 0 Å². The molecule has 1 atom stereocenters. The van der Waals surface area contributed by atoms with E-state index in [0.717, 1.165) is 44.6 Å². The summed E-state index contributed by atoms with van der Waals surface area (Å²) in [6, 6.07) is 0. The summed E-state index contributed by atoms with van der Waals surface area (Å²) in [7, 11) is 0. The number of aromatic nitrogens is 2. The van der Waals surface area contributed by atoms with Gasteiger partial charge in [-0.3, -0.25) is 4.79 Å². The van der Waals surface area contributed by atoms with Crippen molar-refractivity contribution in [2.24, 2.45) is 5.92 Å². The molecule has 110 valence electrons. The van der Waals surface area contributed by atoms with Gasteiger partial charge in [-0.2, -0.15) is 5.10 Å². The maximum Gasteiger partial charge on any atom is 0.283 e. The van der Waals surface area contributed by atoms with Crippen LogP contribution in [0.2, 0.25) is 0 Å². The second-order valence-electron chi connectivity index (χ2n) is 5.65. The number of hydrogen-bond acceptors (Lipinski definition) is 4. The average molecular weight is 342 g/mol. The number of halogens is 1. The van der Waals surface area contributed by atoms with Gasteiger partial charge >= 0.3 is 0 Å². The third-order valence-corrected chi connectivity index (χ3v) is 4.69. The molecule has 1 aromatic heterocycles. The largest absolute Gasteiger partial charge is 0.383 e. The van der Waals surface area contributed by atoms with Gasteiger partial charge < -0.3 is 10.1 Å². The minimum absolute atomic E-state index is 0.0426. The van der Waals surface area contributed by atoms with E-state index in [1.54, 1.807) is 10.9 Å². The Hall–Kier alpha value is -0.880. The Labute approximate surface area is 126 Å². The molecule has 0 bridgehead atoms. The first-order valence-electron chi connectivity index (χ1n) is 7.35. The Bertz CT molecular complexity index is 522. The number of ether oxygens (including phenoxy) is 1. The van der Waals surface area contributed by atoms with Gasteiger partial charge in [0.05, 0.1) is 18.0 Å². The SMILES string of the molecule is O=c1c(Br)c(NCCC2CCCO2)cnn1CC1CC1. The van der Waals surface area contributed by atoms with Crippen molar-refractivity contribution in [3.05, 3.63) is 21.0 Å². The van der Waals surface area contributed by atoms with Gasteiger partial charge in [0, 0.05) is 19.7 Å². The molecule has 2 aliphatic rings. The lowest BCUT2D eigenvalue weighted by Crippen LogP contribution is -2.25. The summed E-state index contributed by atoms with van der Waals surface area (Å²) >= 11 is 3.39. The molecule has 1 aliphatic heterocycles. The summed E-state index contributed by atoms with van der Waals surface area (Å²) < 4.78 is 7.73. The van der Waals surface area contributed by atoms with Crippen molar-refractivity contribution in [3.8, 4) is 0 Å². The summed E-state index contributed by atoms with van der Waals surface area (Å²) in [4.78, 5) is 12.2. The Balaban J connectivity index is 1.58. The second kappa shape index (κ2) is 6.26. The average Bonchev–Trinajstić information content (AvgIpc) is 3.11. The van der Waals surface area contributed by atoms with E-state index < -0.39 is 0 Å². The molecule has 0 aromatic carbocycles. The van der Waals surface area contributed by atoms with Gasteiger partial charge in [-0.1, -0.05) is 0 Å². The zero-order chi connectivity index (χ0) is 13.9. The number of rotatable bonds is 6. The quantitative estimate of drug-likeness (QED) is 0.863. The maximum absolute atomic E-state index is 12.2. The van der Waals surface area contributed by atoms with Crippen molar-refractivity contribution < 1.29 is 4.74 Å². The highest BCUT2D eigenvalue weighted by Gasteiger charge is 2.23. The van der Waals surface area contributed by atoms with Crippen LogP contribution in [0.1, 0.15) is 32.1 Å². The minimum Gasteiger partial charge on any atom is -0.383 e. The molecule has 1 aliphatic carbocycles. The lowest BCUT2D eigenvalue weighted by atomic mass is 10.2. The number of nitrogens with zero attached hydrogens (tertiary/aromatic N) is 2. The van der Waals surface area contributed by atoms with Gasteiger partial charge in [0.15, 0.2) is 0 Å². The molecule has 1 unspecified atom stereocenters. The summed E-state index contributed by atoms with van der Waals surface area (Å²) in [5.74, 6) is 0.644. The Morgan fingerprint density at radius 3 is 3.00 bits per heavy atom. The van der Waals surface area contributed by atoms with Crippen LogP contribution in [0, 0.1) is 5.92 Å². The molecule has 1 saturated heterocycles. The third-order valence-electron chi connectivity index (χ3n) is 3.92. The molecule has 2 heterocycles. The molecule has 5 nitrogen and oxygen atoms in total. The van der Waals surface area contributed by atoms with Crippen LogP contribution in [0.3, 0.4) is 0 Å². The van der Waals surface area contributed by atoms with Gasteiger partial charge in [-0.05, 0) is 54.0 Å². The second-order valence-corrected chi connectivity index (χ2v) is 6.45. The van der Waals surface area contributed by atoms with Crippen molar-refractivity contribution in [2.75, 3.05) is 18.5 Å². The van der Waals surface area contributed by atoms with E-state index in [9.17, 15) is 4.79 Å². The molecule has 1 aromatic rings. The highest BCUT2D eigenvalue weighted by molar-refractivity contribution is 9.10. The standard InChI is InChI=1S/C14H20BrN3O2/c15-13-12(16-6-5-11-2-1-7-20-11)8-17-18(14(13)19)9-10-3-4-10/h8,10-11,16H,1-7,9H2. The first-order chi connectivity index (χ1) is 9.74. The molecule has 3 rings (SSSR count). The molecule has 6 heteroatoms. The van der Waals surface area contributed by atoms with Crippen molar-refractivity contribution in [2.45, 2.75) is 44.8 Å². The monoisotopic (exact) mass is 341 g/mol. The zero-order valence-electron chi connectivity index (χ0n) is 11.5. The van der Waals surface area contributed by atoms with E-state index in [1.165, 1.54) is 12.8 Å². The molecule has 0 amide bonds. The zero-order valence-corrected chi connectivity index (χ0v) is 13.1. The summed E-state index contributed by atoms with van der Waals surface area (Å²) in [6.45, 7) is 2.43. The van der Waals surface area contributed by atoms with Crippen molar-refractivity contribution in [1.29, 1.82) is 0 Å². The fourth-order valence-electron chi connectivity index (χ4n) is 2.50. The molecule has 1 saturated carbocycles. The molecule has 0 spiro atoms. The van der Waals surface area contributed by atoms with Crippen molar-refractivity contribution >= 4 is 21.6 Å². The third kappa shape index (κ3) is 3.41. The molecule has 2 fully saturated rings. The lowest BCUT2D eigenvalue weighted by molar-refractivity contribution is 0.107. The van der Waals surface area contributed by atoms with Crippen LogP contribution in [0.4, 0.5) is 5.69 Å². The first kappa shape index (κ1) is 14.1. The van der Waals surface area contributed by atoms with Gasteiger partial charge in [-0.25, -0.2) is 4.68 Å². The molecular weight excluding hydrogens is 322 g/mol. The van der Waals surface area contributed by atoms with Gasteiger partial charge in [-0.15, -0.1) is 0 Å². The van der Waals surface area contributed by atoms with Gasteiger partial charge in [0.25, 0.3) is 5.56 Å². The molecule has 20 heavy (non-hydrogen) atoms. The Morgan fingerprint density at radius 1 is 1.45 bits per heavy atom. The van der Waals surface area contributed by atoms with E-state index >= 15 is 0 Å². The van der Waals surface area contributed by atoms with Crippen LogP contribution in [0.15, 0.2) is 15.5 Å². The fourth-order valence-corrected chi connectivity index (χ4v) is 2.95. The van der Waals surface area contributed by atoms with Gasteiger partial charge in [0.1, 0.15) is 4.47 Å². The lowest BCUT2D eigenvalue weighted by Gasteiger charge is -2.12. The Morgan fingerprint density at radius 2 is 2.30 bits per heavy atom. The first-order valence-corrected chi connectivity index (χ1v) is 8.14. The fraction of sp³-hybridized carbons (Fsp3) is 0.714. The molecular formula is C14H20BrN3O2. The van der Waals surface area contributed by atoms with Crippen LogP contribution < -0.4 is 10.9 Å². The van der Waals surface area contributed by atoms with Crippen LogP contribution in [0.25, 0.3) is 0 Å². The van der Waals surface area contributed by atoms with E-state index in [-0.39, 0.29) is 5.56 Å². The topological polar surface area (TPSA) is 56.1 Å². The highest BCUT2D eigenvalue weighted by Crippen LogP contribution is 2.30. The maximum atomic E-state index is 12.2. The molecule has 0 radical (unpaired) electrons. The Kier molecular flexibility index (Phi) is 4.41. The summed E-state index contributed by atoms with van der Waals surface area (Å²) in [5.41, 5.74) is 0.735. The number of nitrogens with one attached hydrogen (secondary N) is 1. The summed E-state index contributed by atoms with van der Waals surface area (Å²) in [6.07, 6.45) is 7.81. The van der Waals surface area contributed by atoms with E-state index in [1.807, 2.05) is 0 Å². The summed E-state index contributed by atoms with van der Waals surface area (Å²) in [5, 5.41) is 7.52. The van der Waals surface area contributed by atoms with Crippen molar-refractivity contribution in [1.82, 2.24) is 9.78 Å². The highest BCUT2D eigenvalue weighted by atomic mass is 79.9.